The second-order valence-electron chi connectivity index (χ2n) is 8.17. The van der Waals surface area contributed by atoms with Crippen LogP contribution in [0.4, 0.5) is 0 Å². The second-order valence-corrected chi connectivity index (χ2v) is 9.79. The Morgan fingerprint density at radius 2 is 1.39 bits per heavy atom. The standard InChI is InChI=1S/C16H20O4S.C9H13N3O.N3.Na/c1-3-14(11-15-5-4-10-19-15)12-20-21(17,18)16-8-6-13(2)7-9-16;1-2-8(7-11-12-10)6-9-4-3-5-13-9;1-3-2;/h4-10,14H,3,11-12H2,1-2H3;3-5,8H,2,6-7H2,1H3;;/q;;-1;+1/t14-;8-;;/m11../s1. The molecule has 0 aliphatic carbocycles. The maximum Gasteiger partial charge on any atom is 1.00 e. The summed E-state index contributed by atoms with van der Waals surface area (Å²) in [4.78, 5) is 4.44. The monoisotopic (exact) mass is 552 g/mol. The minimum atomic E-state index is -3.69. The molecule has 0 spiro atoms. The average Bonchev–Trinajstić information content (AvgIpc) is 3.60. The molecule has 0 saturated carbocycles. The molecule has 0 radical (unpaired) electrons. The molecule has 0 fully saturated rings. The summed E-state index contributed by atoms with van der Waals surface area (Å²) in [6.07, 6.45) is 6.63. The summed E-state index contributed by atoms with van der Waals surface area (Å²) in [7, 11) is -3.69. The van der Waals surface area contributed by atoms with E-state index in [1.165, 1.54) is 4.91 Å². The van der Waals surface area contributed by atoms with Gasteiger partial charge in [-0.1, -0.05) is 49.5 Å². The Balaban J connectivity index is 0.000000692. The van der Waals surface area contributed by atoms with Gasteiger partial charge in [-0.15, -0.1) is 0 Å². The number of hydrogen-bond acceptors (Lipinski definition) is 6. The molecule has 0 saturated heterocycles. The van der Waals surface area contributed by atoms with Crippen molar-refractivity contribution in [2.24, 2.45) is 17.0 Å². The molecule has 0 N–H and O–H groups in total. The summed E-state index contributed by atoms with van der Waals surface area (Å²) in [6.45, 7) is 6.71. The van der Waals surface area contributed by atoms with Gasteiger partial charge in [0.05, 0.1) is 24.0 Å². The van der Waals surface area contributed by atoms with Crippen molar-refractivity contribution in [1.29, 1.82) is 0 Å². The first kappa shape index (κ1) is 35.3. The van der Waals surface area contributed by atoms with E-state index in [0.717, 1.165) is 36.3 Å². The first-order valence-corrected chi connectivity index (χ1v) is 13.2. The summed E-state index contributed by atoms with van der Waals surface area (Å²) in [5.74, 6) is 2.30. The molecule has 2 heterocycles. The van der Waals surface area contributed by atoms with Crippen molar-refractivity contribution >= 4 is 10.1 Å². The van der Waals surface area contributed by atoms with Gasteiger partial charge >= 0.3 is 29.6 Å². The maximum atomic E-state index is 12.1. The number of nitrogens with zero attached hydrogens (tertiary/aromatic N) is 6. The van der Waals surface area contributed by atoms with E-state index in [0.29, 0.717) is 18.9 Å². The van der Waals surface area contributed by atoms with Gasteiger partial charge in [-0.2, -0.15) is 8.42 Å². The second kappa shape index (κ2) is 20.3. The van der Waals surface area contributed by atoms with E-state index in [1.54, 1.807) is 36.8 Å². The summed E-state index contributed by atoms with van der Waals surface area (Å²) in [5, 5.41) is 3.56. The van der Waals surface area contributed by atoms with Crippen molar-refractivity contribution in [3.63, 3.8) is 0 Å². The van der Waals surface area contributed by atoms with Gasteiger partial charge in [0.1, 0.15) is 11.5 Å². The van der Waals surface area contributed by atoms with Gasteiger partial charge in [0.25, 0.3) is 10.1 Å². The van der Waals surface area contributed by atoms with Crippen LogP contribution in [0.5, 0.6) is 0 Å². The molecule has 11 nitrogen and oxygen atoms in total. The molecule has 0 aliphatic rings. The van der Waals surface area contributed by atoms with Gasteiger partial charge in [0, 0.05) is 24.3 Å². The number of rotatable bonds is 12. The molecule has 3 rings (SSSR count). The smallest absolute Gasteiger partial charge is 0.469 e. The number of hydrogen-bond donors (Lipinski definition) is 0. The van der Waals surface area contributed by atoms with Gasteiger partial charge < -0.3 is 19.9 Å². The van der Waals surface area contributed by atoms with E-state index in [9.17, 15) is 8.42 Å². The summed E-state index contributed by atoms with van der Waals surface area (Å²) >= 11 is 0. The van der Waals surface area contributed by atoms with E-state index < -0.39 is 10.1 Å². The van der Waals surface area contributed by atoms with Crippen LogP contribution >= 0.6 is 0 Å². The van der Waals surface area contributed by atoms with Crippen molar-refractivity contribution < 1.29 is 51.0 Å². The number of furan rings is 2. The van der Waals surface area contributed by atoms with E-state index >= 15 is 0 Å². The van der Waals surface area contributed by atoms with E-state index in [1.807, 2.05) is 38.1 Å². The van der Waals surface area contributed by atoms with Crippen LogP contribution in [0, 0.1) is 18.8 Å². The fourth-order valence-corrected chi connectivity index (χ4v) is 4.17. The molecule has 0 amide bonds. The number of benzene rings is 1. The van der Waals surface area contributed by atoms with E-state index in [2.05, 4.69) is 16.9 Å². The fraction of sp³-hybridized carbons (Fsp3) is 0.440. The Labute approximate surface area is 246 Å². The van der Waals surface area contributed by atoms with Crippen LogP contribution in [0.25, 0.3) is 26.4 Å². The molecule has 2 aromatic heterocycles. The molecule has 0 aliphatic heterocycles. The minimum absolute atomic E-state index is 0. The number of aryl methyl sites for hydroxylation is 1. The fourth-order valence-electron chi connectivity index (χ4n) is 3.20. The zero-order valence-corrected chi connectivity index (χ0v) is 25.1. The Morgan fingerprint density at radius 1 is 0.895 bits per heavy atom. The summed E-state index contributed by atoms with van der Waals surface area (Å²) in [5.41, 5.74) is 22.7. The van der Waals surface area contributed by atoms with Gasteiger partial charge in [-0.25, -0.2) is 0 Å². The summed E-state index contributed by atoms with van der Waals surface area (Å²) < 4.78 is 39.9. The van der Waals surface area contributed by atoms with Gasteiger partial charge in [0.15, 0.2) is 0 Å². The van der Waals surface area contributed by atoms with Crippen molar-refractivity contribution in [2.75, 3.05) is 13.2 Å². The first-order valence-electron chi connectivity index (χ1n) is 11.8. The van der Waals surface area contributed by atoms with Crippen LogP contribution in [0.1, 0.15) is 43.8 Å². The van der Waals surface area contributed by atoms with Crippen LogP contribution in [0.15, 0.2) is 79.9 Å². The Morgan fingerprint density at radius 3 is 1.82 bits per heavy atom. The maximum absolute atomic E-state index is 12.1. The largest absolute Gasteiger partial charge is 1.00 e. The molecule has 0 unspecified atom stereocenters. The van der Waals surface area contributed by atoms with Gasteiger partial charge in [0.2, 0.25) is 0 Å². The van der Waals surface area contributed by atoms with E-state index in [-0.39, 0.29) is 47.0 Å². The Bertz CT molecular complexity index is 1190. The van der Waals surface area contributed by atoms with Gasteiger partial charge in [-0.3, -0.25) is 9.09 Å². The molecular weight excluding hydrogens is 519 g/mol. The van der Waals surface area contributed by atoms with Crippen LogP contribution in [0.3, 0.4) is 0 Å². The van der Waals surface area contributed by atoms with Crippen molar-refractivity contribution in [1.82, 2.24) is 0 Å². The van der Waals surface area contributed by atoms with Crippen molar-refractivity contribution in [2.45, 2.75) is 51.3 Å². The zero-order valence-electron chi connectivity index (χ0n) is 22.3. The number of azide groups is 1. The van der Waals surface area contributed by atoms with Gasteiger partial charge in [-0.05, 0) is 60.7 Å². The zero-order chi connectivity index (χ0) is 27.5. The molecule has 13 heteroatoms. The molecule has 0 bridgehead atoms. The molecule has 1 aromatic carbocycles. The Hall–Kier alpha value is -2.69. The predicted octanol–water partition coefficient (Wildman–Crippen LogP) is 4.59. The molecule has 38 heavy (non-hydrogen) atoms. The van der Waals surface area contributed by atoms with Crippen molar-refractivity contribution in [3.05, 3.63) is 105 Å². The van der Waals surface area contributed by atoms with Crippen LogP contribution in [0.2, 0.25) is 0 Å². The first-order chi connectivity index (χ1) is 17.8. The van der Waals surface area contributed by atoms with Crippen LogP contribution in [-0.2, 0) is 27.1 Å². The predicted molar refractivity (Wildman–Crippen MR) is 141 cm³/mol. The molecule has 2 atom stereocenters. The molecule has 3 aromatic rings. The Kier molecular flexibility index (Phi) is 18.9. The quantitative estimate of drug-likeness (QED) is 0.105. The third-order valence-corrected chi connectivity index (χ3v) is 6.76. The SMILES string of the molecule is CC[C@@H](CN=[N+]=[N-])Cc1ccco1.CC[C@@H](COS(=O)(=O)c1ccc(C)cc1)Cc1ccco1.[N-]=[N+]=[N-].[Na+]. The topological polar surface area (TPSA) is 177 Å². The normalized spacial score (nSPS) is 11.7. The van der Waals surface area contributed by atoms with Crippen LogP contribution in [-0.4, -0.2) is 21.6 Å². The van der Waals surface area contributed by atoms with Crippen molar-refractivity contribution in [3.8, 4) is 0 Å². The molecular formula is C25H33N6NaO5S. The third-order valence-electron chi connectivity index (χ3n) is 5.47. The van der Waals surface area contributed by atoms with E-state index in [4.69, 9.17) is 29.6 Å². The average molecular weight is 553 g/mol. The molecule has 200 valence electrons. The summed E-state index contributed by atoms with van der Waals surface area (Å²) in [6, 6.07) is 14.2. The minimum Gasteiger partial charge on any atom is -0.469 e. The van der Waals surface area contributed by atoms with Crippen LogP contribution < -0.4 is 29.6 Å². The third kappa shape index (κ3) is 14.3.